The SMILES string of the molecule is FC(F)(F)Oc1ccc([C@@H]2CN3CCC[C@@H]3c3cc(OCCCN4CCCCC4)ccc32)cc1. The standard InChI is InChI=1S/C27H33F3N2O2/c28-27(29,30)34-21-9-7-20(8-10-21)25-19-32-16-4-6-26(32)24-18-22(11-12-23(24)25)33-17-5-15-31-13-2-1-3-14-31/h7-12,18,25-26H,1-6,13-17,19H2/t25-,26+/m0/s1. The Balaban J connectivity index is 1.28. The van der Waals surface area contributed by atoms with Gasteiger partial charge in [0.2, 0.25) is 0 Å². The first-order chi connectivity index (χ1) is 16.5. The van der Waals surface area contributed by atoms with E-state index in [-0.39, 0.29) is 11.7 Å². The molecule has 34 heavy (non-hydrogen) atoms. The van der Waals surface area contributed by atoms with Crippen LogP contribution in [-0.4, -0.2) is 55.5 Å². The molecule has 2 aromatic carbocycles. The summed E-state index contributed by atoms with van der Waals surface area (Å²) in [6, 6.07) is 13.2. The van der Waals surface area contributed by atoms with Crippen molar-refractivity contribution >= 4 is 0 Å². The number of hydrogen-bond acceptors (Lipinski definition) is 4. The van der Waals surface area contributed by atoms with Gasteiger partial charge < -0.3 is 14.4 Å². The van der Waals surface area contributed by atoms with Crippen molar-refractivity contribution in [1.29, 1.82) is 0 Å². The zero-order valence-corrected chi connectivity index (χ0v) is 19.5. The molecule has 0 N–H and O–H groups in total. The van der Waals surface area contributed by atoms with E-state index in [2.05, 4.69) is 32.7 Å². The van der Waals surface area contributed by atoms with Crippen LogP contribution in [0.25, 0.3) is 0 Å². The van der Waals surface area contributed by atoms with Gasteiger partial charge in [-0.05, 0) is 92.7 Å². The number of likely N-dealkylation sites (tertiary alicyclic amines) is 1. The zero-order chi connectivity index (χ0) is 23.5. The highest BCUT2D eigenvalue weighted by Gasteiger charge is 2.37. The third-order valence-electron chi connectivity index (χ3n) is 7.43. The molecule has 7 heteroatoms. The second-order valence-electron chi connectivity index (χ2n) is 9.72. The van der Waals surface area contributed by atoms with Crippen LogP contribution >= 0.6 is 0 Å². The first kappa shape index (κ1) is 23.5. The van der Waals surface area contributed by atoms with Crippen LogP contribution in [0.4, 0.5) is 13.2 Å². The van der Waals surface area contributed by atoms with Crippen molar-refractivity contribution in [3.05, 3.63) is 59.2 Å². The average Bonchev–Trinajstić information content (AvgIpc) is 3.31. The lowest BCUT2D eigenvalue weighted by Crippen LogP contribution is -2.34. The molecule has 2 atom stereocenters. The summed E-state index contributed by atoms with van der Waals surface area (Å²) in [6.07, 6.45) is 2.62. The molecule has 3 aliphatic heterocycles. The maximum absolute atomic E-state index is 12.5. The summed E-state index contributed by atoms with van der Waals surface area (Å²) >= 11 is 0. The molecule has 184 valence electrons. The number of rotatable bonds is 7. The summed E-state index contributed by atoms with van der Waals surface area (Å²) in [5, 5.41) is 0. The van der Waals surface area contributed by atoms with Crippen molar-refractivity contribution in [3.8, 4) is 11.5 Å². The Kier molecular flexibility index (Phi) is 7.02. The van der Waals surface area contributed by atoms with Gasteiger partial charge in [0.05, 0.1) is 6.61 Å². The maximum Gasteiger partial charge on any atom is 0.573 e. The number of halogens is 3. The topological polar surface area (TPSA) is 24.9 Å². The predicted octanol–water partition coefficient (Wildman–Crippen LogP) is 6.12. The number of piperidine rings is 1. The fourth-order valence-electron chi connectivity index (χ4n) is 5.83. The summed E-state index contributed by atoms with van der Waals surface area (Å²) in [5.41, 5.74) is 3.57. The molecule has 2 aromatic rings. The lowest BCUT2D eigenvalue weighted by atomic mass is 9.81. The zero-order valence-electron chi connectivity index (χ0n) is 19.5. The minimum Gasteiger partial charge on any atom is -0.494 e. The maximum atomic E-state index is 12.5. The second kappa shape index (κ2) is 10.2. The Morgan fingerprint density at radius 3 is 2.38 bits per heavy atom. The molecule has 0 spiro atoms. The van der Waals surface area contributed by atoms with Crippen LogP contribution < -0.4 is 9.47 Å². The van der Waals surface area contributed by atoms with Crippen LogP contribution in [0.1, 0.15) is 67.2 Å². The molecule has 0 bridgehead atoms. The van der Waals surface area contributed by atoms with Crippen molar-refractivity contribution in [2.24, 2.45) is 0 Å². The van der Waals surface area contributed by atoms with Gasteiger partial charge >= 0.3 is 6.36 Å². The van der Waals surface area contributed by atoms with Gasteiger partial charge in [-0.25, -0.2) is 0 Å². The Morgan fingerprint density at radius 1 is 0.853 bits per heavy atom. The van der Waals surface area contributed by atoms with Crippen molar-refractivity contribution in [3.63, 3.8) is 0 Å². The summed E-state index contributed by atoms with van der Waals surface area (Å²) in [6.45, 7) is 6.16. The first-order valence-corrected chi connectivity index (χ1v) is 12.5. The van der Waals surface area contributed by atoms with E-state index in [1.807, 2.05) is 0 Å². The molecule has 4 nitrogen and oxygen atoms in total. The Labute approximate surface area is 199 Å². The number of fused-ring (bicyclic) bond motifs is 3. The number of hydrogen-bond donors (Lipinski definition) is 0. The van der Waals surface area contributed by atoms with Crippen LogP contribution in [0.15, 0.2) is 42.5 Å². The van der Waals surface area contributed by atoms with Crippen molar-refractivity contribution < 1.29 is 22.6 Å². The van der Waals surface area contributed by atoms with Gasteiger partial charge in [0, 0.05) is 25.0 Å². The molecule has 0 unspecified atom stereocenters. The van der Waals surface area contributed by atoms with E-state index in [1.54, 1.807) is 12.1 Å². The summed E-state index contributed by atoms with van der Waals surface area (Å²) in [5.74, 6) is 0.857. The first-order valence-electron chi connectivity index (χ1n) is 12.5. The van der Waals surface area contributed by atoms with E-state index in [9.17, 15) is 13.2 Å². The predicted molar refractivity (Wildman–Crippen MR) is 125 cm³/mol. The van der Waals surface area contributed by atoms with Crippen LogP contribution in [0.5, 0.6) is 11.5 Å². The van der Waals surface area contributed by atoms with E-state index in [1.165, 1.54) is 55.6 Å². The average molecular weight is 475 g/mol. The number of ether oxygens (including phenoxy) is 2. The third-order valence-corrected chi connectivity index (χ3v) is 7.43. The Bertz CT molecular complexity index is 957. The fourth-order valence-corrected chi connectivity index (χ4v) is 5.83. The smallest absolute Gasteiger partial charge is 0.494 e. The van der Waals surface area contributed by atoms with Crippen LogP contribution in [0.3, 0.4) is 0 Å². The van der Waals surface area contributed by atoms with E-state index in [0.29, 0.717) is 12.6 Å². The molecule has 5 rings (SSSR count). The van der Waals surface area contributed by atoms with Crippen LogP contribution in [-0.2, 0) is 0 Å². The highest BCUT2D eigenvalue weighted by atomic mass is 19.4. The Hall–Kier alpha value is -2.25. The van der Waals surface area contributed by atoms with E-state index in [0.717, 1.165) is 50.2 Å². The van der Waals surface area contributed by atoms with Gasteiger partial charge in [0.25, 0.3) is 0 Å². The molecular weight excluding hydrogens is 441 g/mol. The molecule has 2 saturated heterocycles. The van der Waals surface area contributed by atoms with Gasteiger partial charge in [-0.2, -0.15) is 0 Å². The second-order valence-corrected chi connectivity index (χ2v) is 9.72. The lowest BCUT2D eigenvalue weighted by molar-refractivity contribution is -0.274. The minimum absolute atomic E-state index is 0.123. The van der Waals surface area contributed by atoms with E-state index in [4.69, 9.17) is 4.74 Å². The highest BCUT2D eigenvalue weighted by molar-refractivity contribution is 5.47. The lowest BCUT2D eigenvalue weighted by Gasteiger charge is -2.37. The normalized spacial score (nSPS) is 23.4. The van der Waals surface area contributed by atoms with Gasteiger partial charge in [-0.15, -0.1) is 13.2 Å². The number of alkyl halides is 3. The van der Waals surface area contributed by atoms with Crippen LogP contribution in [0, 0.1) is 0 Å². The molecule has 0 radical (unpaired) electrons. The monoisotopic (exact) mass is 474 g/mol. The molecule has 0 aromatic heterocycles. The molecule has 2 fully saturated rings. The van der Waals surface area contributed by atoms with Gasteiger partial charge in [0.15, 0.2) is 0 Å². The highest BCUT2D eigenvalue weighted by Crippen LogP contribution is 2.45. The minimum atomic E-state index is -4.67. The Morgan fingerprint density at radius 2 is 1.62 bits per heavy atom. The third kappa shape index (κ3) is 5.52. The molecule has 3 aliphatic rings. The van der Waals surface area contributed by atoms with Gasteiger partial charge in [0.1, 0.15) is 11.5 Å². The molecule has 3 heterocycles. The number of benzene rings is 2. The fraction of sp³-hybridized carbons (Fsp3) is 0.556. The molecule has 0 amide bonds. The quantitative estimate of drug-likeness (QED) is 0.451. The van der Waals surface area contributed by atoms with E-state index < -0.39 is 6.36 Å². The molecule has 0 aliphatic carbocycles. The largest absolute Gasteiger partial charge is 0.573 e. The van der Waals surface area contributed by atoms with E-state index >= 15 is 0 Å². The summed E-state index contributed by atoms with van der Waals surface area (Å²) in [4.78, 5) is 5.04. The van der Waals surface area contributed by atoms with Crippen LogP contribution in [0.2, 0.25) is 0 Å². The summed E-state index contributed by atoms with van der Waals surface area (Å²) < 4.78 is 47.8. The molecular formula is C27H33F3N2O2. The summed E-state index contributed by atoms with van der Waals surface area (Å²) in [7, 11) is 0. The van der Waals surface area contributed by atoms with Gasteiger partial charge in [-0.1, -0.05) is 24.6 Å². The number of nitrogens with zero attached hydrogens (tertiary/aromatic N) is 2. The van der Waals surface area contributed by atoms with Crippen molar-refractivity contribution in [1.82, 2.24) is 9.80 Å². The van der Waals surface area contributed by atoms with Gasteiger partial charge in [-0.3, -0.25) is 4.90 Å². The molecule has 0 saturated carbocycles. The van der Waals surface area contributed by atoms with Crippen molar-refractivity contribution in [2.45, 2.75) is 56.8 Å². The van der Waals surface area contributed by atoms with Crippen molar-refractivity contribution in [2.75, 3.05) is 39.3 Å².